The molecule has 2 heterocycles. The van der Waals surface area contributed by atoms with Crippen LogP contribution in [0, 0.1) is 13.8 Å². The summed E-state index contributed by atoms with van der Waals surface area (Å²) < 4.78 is 2.39. The van der Waals surface area contributed by atoms with Gasteiger partial charge in [-0.15, -0.1) is 0 Å². The predicted octanol–water partition coefficient (Wildman–Crippen LogP) is 2.92. The molecule has 2 aromatic heterocycles. The second-order valence-corrected chi connectivity index (χ2v) is 5.71. The molecule has 96 valence electrons. The number of aromatic nitrogens is 3. The molecular weight excluding hydrogens is 224 g/mol. The van der Waals surface area contributed by atoms with Gasteiger partial charge in [-0.3, -0.25) is 0 Å². The standard InChI is InChI=1S/C14H20N4/c1-9-10(2)18(14(3)6-4-5-7-14)13-11(9)12(15)16-8-17-13/h8H,4-7H2,1-3H3,(H2,15,16,17). The lowest BCUT2D eigenvalue weighted by molar-refractivity contribution is 0.332. The lowest BCUT2D eigenvalue weighted by Crippen LogP contribution is -2.27. The van der Waals surface area contributed by atoms with Crippen LogP contribution in [-0.2, 0) is 5.54 Å². The number of fused-ring (bicyclic) bond motifs is 1. The summed E-state index contributed by atoms with van der Waals surface area (Å²) in [7, 11) is 0. The van der Waals surface area contributed by atoms with Crippen molar-refractivity contribution in [3.63, 3.8) is 0 Å². The lowest BCUT2D eigenvalue weighted by Gasteiger charge is -2.28. The van der Waals surface area contributed by atoms with Gasteiger partial charge in [0, 0.05) is 11.2 Å². The van der Waals surface area contributed by atoms with Crippen LogP contribution < -0.4 is 5.73 Å². The first-order valence-electron chi connectivity index (χ1n) is 6.63. The van der Waals surface area contributed by atoms with Crippen molar-refractivity contribution in [3.05, 3.63) is 17.6 Å². The van der Waals surface area contributed by atoms with E-state index in [1.54, 1.807) is 6.33 Å². The van der Waals surface area contributed by atoms with Crippen LogP contribution >= 0.6 is 0 Å². The highest BCUT2D eigenvalue weighted by Gasteiger charge is 2.34. The molecule has 0 atom stereocenters. The van der Waals surface area contributed by atoms with Crippen molar-refractivity contribution in [2.24, 2.45) is 0 Å². The zero-order valence-corrected chi connectivity index (χ0v) is 11.3. The van der Waals surface area contributed by atoms with Crippen LogP contribution in [0.3, 0.4) is 0 Å². The minimum atomic E-state index is 0.192. The number of aryl methyl sites for hydroxylation is 1. The maximum Gasteiger partial charge on any atom is 0.146 e. The molecule has 0 spiro atoms. The van der Waals surface area contributed by atoms with E-state index in [1.807, 2.05) is 0 Å². The first-order chi connectivity index (χ1) is 8.54. The molecule has 0 saturated heterocycles. The number of hydrogen-bond donors (Lipinski definition) is 1. The van der Waals surface area contributed by atoms with E-state index in [2.05, 4.69) is 35.3 Å². The highest BCUT2D eigenvalue weighted by Crippen LogP contribution is 2.41. The number of nitrogens with two attached hydrogens (primary N) is 1. The molecule has 1 aliphatic rings. The third kappa shape index (κ3) is 1.38. The summed E-state index contributed by atoms with van der Waals surface area (Å²) in [5.74, 6) is 0.598. The van der Waals surface area contributed by atoms with Crippen molar-refractivity contribution >= 4 is 16.9 Å². The molecule has 4 nitrogen and oxygen atoms in total. The Kier molecular flexibility index (Phi) is 2.37. The normalized spacial score (nSPS) is 18.6. The quantitative estimate of drug-likeness (QED) is 0.839. The Balaban J connectivity index is 2.36. The average molecular weight is 244 g/mol. The second kappa shape index (κ2) is 3.70. The van der Waals surface area contributed by atoms with E-state index in [1.165, 1.54) is 36.9 Å². The second-order valence-electron chi connectivity index (χ2n) is 5.71. The van der Waals surface area contributed by atoms with Crippen LogP contribution in [0.15, 0.2) is 6.33 Å². The summed E-state index contributed by atoms with van der Waals surface area (Å²) in [5.41, 5.74) is 9.71. The van der Waals surface area contributed by atoms with Gasteiger partial charge in [-0.05, 0) is 39.2 Å². The first kappa shape index (κ1) is 11.5. The van der Waals surface area contributed by atoms with Crippen LogP contribution in [0.4, 0.5) is 5.82 Å². The monoisotopic (exact) mass is 244 g/mol. The molecule has 0 aliphatic heterocycles. The largest absolute Gasteiger partial charge is 0.383 e. The fourth-order valence-electron chi connectivity index (χ4n) is 3.45. The summed E-state index contributed by atoms with van der Waals surface area (Å²) >= 11 is 0. The molecular formula is C14H20N4. The van der Waals surface area contributed by atoms with Gasteiger partial charge in [-0.1, -0.05) is 12.8 Å². The third-order valence-corrected chi connectivity index (χ3v) is 4.54. The van der Waals surface area contributed by atoms with Crippen LogP contribution in [-0.4, -0.2) is 14.5 Å². The predicted molar refractivity (Wildman–Crippen MR) is 73.5 cm³/mol. The van der Waals surface area contributed by atoms with Crippen LogP contribution in [0.25, 0.3) is 11.0 Å². The molecule has 0 radical (unpaired) electrons. The summed E-state index contributed by atoms with van der Waals surface area (Å²) in [6, 6.07) is 0. The molecule has 0 aromatic carbocycles. The van der Waals surface area contributed by atoms with Crippen molar-refractivity contribution < 1.29 is 0 Å². The number of hydrogen-bond acceptors (Lipinski definition) is 3. The Hall–Kier alpha value is -1.58. The van der Waals surface area contributed by atoms with Crippen molar-refractivity contribution in [1.29, 1.82) is 0 Å². The zero-order chi connectivity index (χ0) is 12.9. The lowest BCUT2D eigenvalue weighted by atomic mass is 10.00. The number of nitrogen functional groups attached to an aromatic ring is 1. The molecule has 0 bridgehead atoms. The first-order valence-corrected chi connectivity index (χ1v) is 6.63. The summed E-state index contributed by atoms with van der Waals surface area (Å²) in [5, 5.41) is 1.03. The van der Waals surface area contributed by atoms with E-state index in [4.69, 9.17) is 5.73 Å². The summed E-state index contributed by atoms with van der Waals surface area (Å²) in [6.45, 7) is 6.62. The van der Waals surface area contributed by atoms with Gasteiger partial charge in [0.25, 0.3) is 0 Å². The zero-order valence-electron chi connectivity index (χ0n) is 11.3. The fraction of sp³-hybridized carbons (Fsp3) is 0.571. The van der Waals surface area contributed by atoms with Crippen molar-refractivity contribution in [3.8, 4) is 0 Å². The van der Waals surface area contributed by atoms with Gasteiger partial charge < -0.3 is 10.3 Å². The van der Waals surface area contributed by atoms with Gasteiger partial charge in [-0.25, -0.2) is 9.97 Å². The molecule has 2 N–H and O–H groups in total. The van der Waals surface area contributed by atoms with E-state index >= 15 is 0 Å². The molecule has 18 heavy (non-hydrogen) atoms. The van der Waals surface area contributed by atoms with Crippen LogP contribution in [0.2, 0.25) is 0 Å². The molecule has 1 aliphatic carbocycles. The van der Waals surface area contributed by atoms with Crippen molar-refractivity contribution in [2.75, 3.05) is 5.73 Å². The maximum absolute atomic E-state index is 6.02. The van der Waals surface area contributed by atoms with Crippen LogP contribution in [0.5, 0.6) is 0 Å². The van der Waals surface area contributed by atoms with Gasteiger partial charge in [0.05, 0.1) is 5.39 Å². The minimum absolute atomic E-state index is 0.192. The van der Waals surface area contributed by atoms with Gasteiger partial charge in [-0.2, -0.15) is 0 Å². The summed E-state index contributed by atoms with van der Waals surface area (Å²) in [6.07, 6.45) is 6.62. The van der Waals surface area contributed by atoms with E-state index in [-0.39, 0.29) is 5.54 Å². The molecule has 4 heteroatoms. The van der Waals surface area contributed by atoms with E-state index in [0.717, 1.165) is 11.0 Å². The Morgan fingerprint density at radius 3 is 2.56 bits per heavy atom. The van der Waals surface area contributed by atoms with E-state index in [0.29, 0.717) is 5.82 Å². The Labute approximate surface area is 107 Å². The Morgan fingerprint density at radius 2 is 1.89 bits per heavy atom. The molecule has 0 unspecified atom stereocenters. The summed E-state index contributed by atoms with van der Waals surface area (Å²) in [4.78, 5) is 8.61. The highest BCUT2D eigenvalue weighted by molar-refractivity contribution is 5.91. The van der Waals surface area contributed by atoms with Gasteiger partial charge in [0.2, 0.25) is 0 Å². The molecule has 1 saturated carbocycles. The maximum atomic E-state index is 6.02. The van der Waals surface area contributed by atoms with E-state index < -0.39 is 0 Å². The Bertz CT molecular complexity index is 606. The molecule has 0 amide bonds. The van der Waals surface area contributed by atoms with Crippen LogP contribution in [0.1, 0.15) is 43.9 Å². The topological polar surface area (TPSA) is 56.7 Å². The minimum Gasteiger partial charge on any atom is -0.383 e. The van der Waals surface area contributed by atoms with Gasteiger partial charge in [0.1, 0.15) is 17.8 Å². The third-order valence-electron chi connectivity index (χ3n) is 4.54. The molecule has 3 rings (SSSR count). The number of anilines is 1. The highest BCUT2D eigenvalue weighted by atomic mass is 15.1. The Morgan fingerprint density at radius 1 is 1.22 bits per heavy atom. The fourth-order valence-corrected chi connectivity index (χ4v) is 3.45. The van der Waals surface area contributed by atoms with Crippen molar-refractivity contribution in [1.82, 2.24) is 14.5 Å². The van der Waals surface area contributed by atoms with E-state index in [9.17, 15) is 0 Å². The molecule has 1 fully saturated rings. The average Bonchev–Trinajstić information content (AvgIpc) is 2.85. The SMILES string of the molecule is Cc1c(C)n(C2(C)CCCC2)c2ncnc(N)c12. The smallest absolute Gasteiger partial charge is 0.146 e. The van der Waals surface area contributed by atoms with Gasteiger partial charge >= 0.3 is 0 Å². The number of nitrogens with zero attached hydrogens (tertiary/aromatic N) is 3. The number of rotatable bonds is 1. The van der Waals surface area contributed by atoms with Gasteiger partial charge in [0.15, 0.2) is 0 Å². The molecule has 2 aromatic rings. The van der Waals surface area contributed by atoms with Crippen molar-refractivity contribution in [2.45, 2.75) is 52.0 Å².